The summed E-state index contributed by atoms with van der Waals surface area (Å²) in [5.74, 6) is 1.64. The second-order valence-electron chi connectivity index (χ2n) is 11.4. The van der Waals surface area contributed by atoms with Crippen molar-refractivity contribution in [3.8, 4) is 45.1 Å². The van der Waals surface area contributed by atoms with Crippen LogP contribution in [0.1, 0.15) is 22.3 Å². The second-order valence-corrected chi connectivity index (χ2v) is 11.4. The molecule has 216 valence electrons. The van der Waals surface area contributed by atoms with Crippen LogP contribution in [0.25, 0.3) is 38.5 Å². The Bertz CT molecular complexity index is 2180. The lowest BCUT2D eigenvalue weighted by atomic mass is 9.63. The van der Waals surface area contributed by atoms with Gasteiger partial charge in [-0.15, -0.1) is 0 Å². The molecule has 8 rings (SSSR count). The van der Waals surface area contributed by atoms with Crippen molar-refractivity contribution in [2.24, 2.45) is 0 Å². The van der Waals surface area contributed by atoms with Crippen LogP contribution in [0, 0.1) is 6.57 Å². The molecule has 1 aliphatic rings. The molecule has 0 spiro atoms. The van der Waals surface area contributed by atoms with Crippen LogP contribution in [-0.4, -0.2) is 4.98 Å². The molecule has 46 heavy (non-hydrogen) atoms. The molecule has 0 atom stereocenters. The van der Waals surface area contributed by atoms with Gasteiger partial charge >= 0.3 is 0 Å². The predicted molar refractivity (Wildman–Crippen MR) is 185 cm³/mol. The molecule has 0 radical (unpaired) electrons. The number of aromatic nitrogens is 1. The van der Waals surface area contributed by atoms with Crippen molar-refractivity contribution < 1.29 is 4.74 Å². The SMILES string of the molecule is [C-]#[N+]c1ccc(-c2cc(-c3ccccc3)cc(-c3ccc4c(c3)Oc3ccccc3C4(c3ccccc3)c3ccccc3)n2)cc1. The highest BCUT2D eigenvalue weighted by atomic mass is 16.5. The molecule has 0 amide bonds. The first kappa shape index (κ1) is 27.3. The number of ether oxygens (including phenoxy) is 1. The lowest BCUT2D eigenvalue weighted by Gasteiger charge is -2.41. The van der Waals surface area contributed by atoms with Crippen LogP contribution in [-0.2, 0) is 5.41 Å². The van der Waals surface area contributed by atoms with Gasteiger partial charge in [0.2, 0.25) is 0 Å². The molecule has 6 aromatic carbocycles. The largest absolute Gasteiger partial charge is 0.457 e. The first-order valence-corrected chi connectivity index (χ1v) is 15.3. The normalized spacial score (nSPS) is 12.7. The number of pyridine rings is 1. The lowest BCUT2D eigenvalue weighted by Crippen LogP contribution is -2.34. The number of para-hydroxylation sites is 1. The minimum atomic E-state index is -0.569. The zero-order valence-electron chi connectivity index (χ0n) is 25.0. The molecular weight excluding hydrogens is 560 g/mol. The van der Waals surface area contributed by atoms with E-state index in [-0.39, 0.29) is 0 Å². The van der Waals surface area contributed by atoms with E-state index in [1.807, 2.05) is 36.4 Å². The Labute approximate surface area is 268 Å². The van der Waals surface area contributed by atoms with Crippen molar-refractivity contribution in [3.63, 3.8) is 0 Å². The molecule has 3 nitrogen and oxygen atoms in total. The minimum absolute atomic E-state index is 0.569. The van der Waals surface area contributed by atoms with Crippen LogP contribution < -0.4 is 4.74 Å². The summed E-state index contributed by atoms with van der Waals surface area (Å²) >= 11 is 0. The van der Waals surface area contributed by atoms with E-state index in [0.717, 1.165) is 56.3 Å². The summed E-state index contributed by atoms with van der Waals surface area (Å²) in [6.07, 6.45) is 0. The fraction of sp³-hybridized carbons (Fsp3) is 0.0233. The van der Waals surface area contributed by atoms with Crippen molar-refractivity contribution in [3.05, 3.63) is 204 Å². The quantitative estimate of drug-likeness (QED) is 0.187. The Kier molecular flexibility index (Phi) is 6.74. The summed E-state index contributed by atoms with van der Waals surface area (Å²) in [6.45, 7) is 7.37. The Hall–Kier alpha value is -6.24. The Morgan fingerprint density at radius 2 is 1.00 bits per heavy atom. The molecule has 2 heterocycles. The van der Waals surface area contributed by atoms with E-state index in [2.05, 4.69) is 138 Å². The highest BCUT2D eigenvalue weighted by Crippen LogP contribution is 2.55. The van der Waals surface area contributed by atoms with E-state index in [0.29, 0.717) is 5.69 Å². The zero-order chi connectivity index (χ0) is 30.9. The summed E-state index contributed by atoms with van der Waals surface area (Å²) in [5.41, 5.74) is 10.4. The average Bonchev–Trinajstić information content (AvgIpc) is 3.14. The van der Waals surface area contributed by atoms with Crippen LogP contribution in [0.2, 0.25) is 0 Å². The van der Waals surface area contributed by atoms with E-state index in [9.17, 15) is 0 Å². The third-order valence-electron chi connectivity index (χ3n) is 8.83. The number of hydrogen-bond donors (Lipinski definition) is 0. The van der Waals surface area contributed by atoms with Gasteiger partial charge in [-0.25, -0.2) is 9.83 Å². The fourth-order valence-electron chi connectivity index (χ4n) is 6.70. The van der Waals surface area contributed by atoms with Crippen molar-refractivity contribution in [2.75, 3.05) is 0 Å². The Morgan fingerprint density at radius 3 is 1.65 bits per heavy atom. The van der Waals surface area contributed by atoms with Crippen molar-refractivity contribution in [1.82, 2.24) is 4.98 Å². The molecule has 1 aliphatic heterocycles. The van der Waals surface area contributed by atoms with Crippen LogP contribution in [0.15, 0.2) is 170 Å². The first-order chi connectivity index (χ1) is 22.7. The smallest absolute Gasteiger partial charge is 0.187 e. The third kappa shape index (κ3) is 4.56. The van der Waals surface area contributed by atoms with E-state index in [4.69, 9.17) is 16.3 Å². The van der Waals surface area contributed by atoms with Crippen LogP contribution >= 0.6 is 0 Å². The highest BCUT2D eigenvalue weighted by Gasteiger charge is 2.45. The summed E-state index contributed by atoms with van der Waals surface area (Å²) in [6, 6.07) is 58.5. The average molecular weight is 589 g/mol. The summed E-state index contributed by atoms with van der Waals surface area (Å²) < 4.78 is 6.74. The van der Waals surface area contributed by atoms with Gasteiger partial charge in [0.15, 0.2) is 5.69 Å². The second kappa shape index (κ2) is 11.4. The summed E-state index contributed by atoms with van der Waals surface area (Å²) in [4.78, 5) is 8.73. The van der Waals surface area contributed by atoms with Gasteiger partial charge in [0.25, 0.3) is 0 Å². The van der Waals surface area contributed by atoms with E-state index in [1.54, 1.807) is 0 Å². The minimum Gasteiger partial charge on any atom is -0.457 e. The van der Waals surface area contributed by atoms with Crippen molar-refractivity contribution >= 4 is 5.69 Å². The van der Waals surface area contributed by atoms with Crippen molar-refractivity contribution in [1.29, 1.82) is 0 Å². The molecule has 0 N–H and O–H groups in total. The molecule has 7 aromatic rings. The molecule has 0 saturated carbocycles. The predicted octanol–water partition coefficient (Wildman–Crippen LogP) is 11.1. The fourth-order valence-corrected chi connectivity index (χ4v) is 6.70. The molecule has 0 aliphatic carbocycles. The highest BCUT2D eigenvalue weighted by molar-refractivity contribution is 5.79. The van der Waals surface area contributed by atoms with Gasteiger partial charge in [0, 0.05) is 16.7 Å². The summed E-state index contributed by atoms with van der Waals surface area (Å²) in [7, 11) is 0. The van der Waals surface area contributed by atoms with Gasteiger partial charge in [-0.3, -0.25) is 0 Å². The van der Waals surface area contributed by atoms with Gasteiger partial charge in [0.1, 0.15) is 11.5 Å². The van der Waals surface area contributed by atoms with Crippen LogP contribution in [0.5, 0.6) is 11.5 Å². The standard InChI is InChI=1S/C43H28N2O/c1-44-36-24-21-31(22-25-36)39-27-33(30-13-5-2-6-14-30)28-40(45-39)32-23-26-38-42(29-32)46-41-20-12-11-19-37(41)43(38,34-15-7-3-8-16-34)35-17-9-4-10-18-35/h2-29H. The number of hydrogen-bond acceptors (Lipinski definition) is 2. The maximum atomic E-state index is 7.37. The molecule has 0 saturated heterocycles. The van der Waals surface area contributed by atoms with Gasteiger partial charge in [-0.05, 0) is 52.1 Å². The number of rotatable bonds is 5. The molecule has 0 fully saturated rings. The molecular formula is C43H28N2O. The molecule has 3 heteroatoms. The number of nitrogens with zero attached hydrogens (tertiary/aromatic N) is 2. The monoisotopic (exact) mass is 588 g/mol. The summed E-state index contributed by atoms with van der Waals surface area (Å²) in [5, 5.41) is 0. The molecule has 0 unspecified atom stereocenters. The number of fused-ring (bicyclic) bond motifs is 2. The Morgan fingerprint density at radius 1 is 0.457 bits per heavy atom. The van der Waals surface area contributed by atoms with Gasteiger partial charge in [0.05, 0.1) is 23.4 Å². The van der Waals surface area contributed by atoms with Gasteiger partial charge in [-0.2, -0.15) is 0 Å². The van der Waals surface area contributed by atoms with Crippen LogP contribution in [0.4, 0.5) is 5.69 Å². The number of benzene rings is 6. The van der Waals surface area contributed by atoms with Crippen molar-refractivity contribution in [2.45, 2.75) is 5.41 Å². The lowest BCUT2D eigenvalue weighted by molar-refractivity contribution is 0.434. The van der Waals surface area contributed by atoms with E-state index in [1.165, 1.54) is 11.1 Å². The van der Waals surface area contributed by atoms with Crippen LogP contribution in [0.3, 0.4) is 0 Å². The molecule has 0 bridgehead atoms. The van der Waals surface area contributed by atoms with E-state index >= 15 is 0 Å². The maximum absolute atomic E-state index is 7.37. The van der Waals surface area contributed by atoms with Gasteiger partial charge < -0.3 is 4.74 Å². The first-order valence-electron chi connectivity index (χ1n) is 15.3. The molecule has 1 aromatic heterocycles. The zero-order valence-corrected chi connectivity index (χ0v) is 25.0. The maximum Gasteiger partial charge on any atom is 0.187 e. The topological polar surface area (TPSA) is 26.5 Å². The van der Waals surface area contributed by atoms with Gasteiger partial charge in [-0.1, -0.05) is 146 Å². The van der Waals surface area contributed by atoms with E-state index < -0.39 is 5.41 Å². The Balaban J connectivity index is 1.35. The third-order valence-corrected chi connectivity index (χ3v) is 8.83.